The molecule has 0 aromatic heterocycles. The number of hydrogen-bond donors (Lipinski definition) is 2. The third kappa shape index (κ3) is 6.98. The van der Waals surface area contributed by atoms with Gasteiger partial charge in [-0.05, 0) is 79.9 Å². The van der Waals surface area contributed by atoms with Crippen LogP contribution in [0.1, 0.15) is 16.8 Å². The van der Waals surface area contributed by atoms with Crippen LogP contribution in [0.3, 0.4) is 0 Å². The van der Waals surface area contributed by atoms with Crippen molar-refractivity contribution in [2.75, 3.05) is 13.2 Å². The van der Waals surface area contributed by atoms with Gasteiger partial charge in [-0.3, -0.25) is 14.1 Å². The van der Waals surface area contributed by atoms with Crippen molar-refractivity contribution in [3.05, 3.63) is 28.4 Å². The van der Waals surface area contributed by atoms with E-state index in [9.17, 15) is 26.8 Å². The van der Waals surface area contributed by atoms with Crippen LogP contribution in [-0.4, -0.2) is 43.3 Å². The standard InChI is InChI=1S/C12H10F2I3NO6S/c13-12(14,25(21,22)23)5-24-9(19)1-2-18-11(20)7-3-6(15)4-8(16)10(7)17/h3-4H,1-2,5H2,(H,18,20)(H,21,22,23). The summed E-state index contributed by atoms with van der Waals surface area (Å²) in [6.45, 7) is -1.99. The number of halogens is 5. The molecule has 7 nitrogen and oxygen atoms in total. The highest BCUT2D eigenvalue weighted by molar-refractivity contribution is 14.1. The predicted molar refractivity (Wildman–Crippen MR) is 109 cm³/mol. The van der Waals surface area contributed by atoms with Crippen molar-refractivity contribution < 1.29 is 36.1 Å². The number of carbonyl (C=O) groups excluding carboxylic acids is 2. The summed E-state index contributed by atoms with van der Waals surface area (Å²) >= 11 is 6.13. The molecule has 0 aliphatic carbocycles. The average molecular weight is 715 g/mol. The van der Waals surface area contributed by atoms with Crippen LogP contribution in [0.25, 0.3) is 0 Å². The lowest BCUT2D eigenvalue weighted by Crippen LogP contribution is -2.35. The van der Waals surface area contributed by atoms with Gasteiger partial charge in [0.15, 0.2) is 6.61 Å². The number of amides is 1. The van der Waals surface area contributed by atoms with Gasteiger partial charge in [-0.2, -0.15) is 17.2 Å². The van der Waals surface area contributed by atoms with Gasteiger partial charge in [0.25, 0.3) is 5.91 Å². The number of ether oxygens (including phenoxy) is 1. The van der Waals surface area contributed by atoms with Crippen LogP contribution in [0.5, 0.6) is 0 Å². The number of esters is 1. The van der Waals surface area contributed by atoms with Crippen molar-refractivity contribution >= 4 is 89.8 Å². The van der Waals surface area contributed by atoms with Gasteiger partial charge in [0.1, 0.15) is 0 Å². The average Bonchev–Trinajstić information content (AvgIpc) is 2.47. The van der Waals surface area contributed by atoms with E-state index >= 15 is 0 Å². The number of rotatable bonds is 7. The molecule has 0 unspecified atom stereocenters. The van der Waals surface area contributed by atoms with Crippen LogP contribution < -0.4 is 5.32 Å². The minimum absolute atomic E-state index is 0.187. The van der Waals surface area contributed by atoms with Crippen LogP contribution in [0.4, 0.5) is 8.78 Å². The van der Waals surface area contributed by atoms with Crippen molar-refractivity contribution in [1.82, 2.24) is 5.32 Å². The van der Waals surface area contributed by atoms with Crippen LogP contribution in [0.2, 0.25) is 0 Å². The summed E-state index contributed by atoms with van der Waals surface area (Å²) in [5.74, 6) is -1.59. The fourth-order valence-electron chi connectivity index (χ4n) is 1.41. The zero-order valence-electron chi connectivity index (χ0n) is 12.1. The minimum atomic E-state index is -5.66. The Hall–Kier alpha value is 0.120. The molecule has 0 saturated heterocycles. The maximum absolute atomic E-state index is 12.9. The first-order chi connectivity index (χ1) is 11.3. The number of nitrogens with one attached hydrogen (secondary N) is 1. The van der Waals surface area contributed by atoms with Crippen molar-refractivity contribution in [3.8, 4) is 0 Å². The quantitative estimate of drug-likeness (QED) is 0.195. The molecule has 2 N–H and O–H groups in total. The molecule has 0 spiro atoms. The molecule has 0 fully saturated rings. The molecule has 25 heavy (non-hydrogen) atoms. The molecule has 1 amide bonds. The van der Waals surface area contributed by atoms with E-state index in [1.165, 1.54) is 0 Å². The van der Waals surface area contributed by atoms with E-state index in [0.29, 0.717) is 5.56 Å². The summed E-state index contributed by atoms with van der Waals surface area (Å²) in [7, 11) is -5.66. The van der Waals surface area contributed by atoms with E-state index < -0.39 is 40.3 Å². The normalized spacial score (nSPS) is 11.9. The van der Waals surface area contributed by atoms with E-state index in [1.807, 2.05) is 28.7 Å². The number of benzene rings is 1. The van der Waals surface area contributed by atoms with Crippen molar-refractivity contribution in [2.24, 2.45) is 0 Å². The van der Waals surface area contributed by atoms with Crippen molar-refractivity contribution in [1.29, 1.82) is 0 Å². The summed E-state index contributed by atoms with van der Waals surface area (Å²) in [6, 6.07) is 3.54. The predicted octanol–water partition coefficient (Wildman–Crippen LogP) is 2.64. The lowest BCUT2D eigenvalue weighted by atomic mass is 10.2. The second-order valence-corrected chi connectivity index (χ2v) is 9.56. The van der Waals surface area contributed by atoms with E-state index in [1.54, 1.807) is 6.07 Å². The van der Waals surface area contributed by atoms with Gasteiger partial charge >= 0.3 is 21.3 Å². The Kier molecular flexibility index (Phi) is 8.67. The first-order valence-corrected chi connectivity index (χ1v) is 11.0. The van der Waals surface area contributed by atoms with Crippen LogP contribution in [0.15, 0.2) is 12.1 Å². The van der Waals surface area contributed by atoms with Gasteiger partial charge in [0.05, 0.1) is 12.0 Å². The highest BCUT2D eigenvalue weighted by atomic mass is 127. The number of carbonyl (C=O) groups is 2. The third-order valence-corrected chi connectivity index (χ3v) is 7.17. The van der Waals surface area contributed by atoms with E-state index in [2.05, 4.69) is 55.2 Å². The monoisotopic (exact) mass is 715 g/mol. The Balaban J connectivity index is 2.53. The third-order valence-electron chi connectivity index (χ3n) is 2.63. The first-order valence-electron chi connectivity index (χ1n) is 6.28. The number of hydrogen-bond acceptors (Lipinski definition) is 5. The molecule has 1 rings (SSSR count). The first kappa shape index (κ1) is 23.2. The second kappa shape index (κ2) is 9.36. The van der Waals surface area contributed by atoms with Gasteiger partial charge < -0.3 is 10.1 Å². The topological polar surface area (TPSA) is 110 Å². The van der Waals surface area contributed by atoms with Crippen molar-refractivity contribution in [2.45, 2.75) is 11.7 Å². The number of alkyl halides is 2. The minimum Gasteiger partial charge on any atom is -0.458 e. The Morgan fingerprint density at radius 2 is 1.84 bits per heavy atom. The highest BCUT2D eigenvalue weighted by Crippen LogP contribution is 2.23. The lowest BCUT2D eigenvalue weighted by Gasteiger charge is -2.13. The smallest absolute Gasteiger partial charge is 0.402 e. The Bertz CT molecular complexity index is 787. The molecular formula is C12H10F2I3NO6S. The van der Waals surface area contributed by atoms with Gasteiger partial charge in [0, 0.05) is 17.3 Å². The van der Waals surface area contributed by atoms with Gasteiger partial charge in [-0.25, -0.2) is 0 Å². The van der Waals surface area contributed by atoms with Crippen LogP contribution in [0, 0.1) is 10.7 Å². The summed E-state index contributed by atoms with van der Waals surface area (Å²) in [4.78, 5) is 23.4. The molecule has 13 heteroatoms. The molecule has 0 atom stereocenters. The summed E-state index contributed by atoms with van der Waals surface area (Å²) in [5, 5.41) is -2.14. The molecule has 0 radical (unpaired) electrons. The Morgan fingerprint density at radius 1 is 1.24 bits per heavy atom. The molecule has 1 aromatic rings. The summed E-state index contributed by atoms with van der Waals surface area (Å²) in [5.41, 5.74) is 0.406. The largest absolute Gasteiger partial charge is 0.458 e. The second-order valence-electron chi connectivity index (χ2n) is 4.53. The Labute approximate surface area is 182 Å². The van der Waals surface area contributed by atoms with E-state index in [0.717, 1.165) is 10.7 Å². The molecule has 140 valence electrons. The molecule has 0 bridgehead atoms. The molecule has 0 aliphatic heterocycles. The van der Waals surface area contributed by atoms with Gasteiger partial charge in [-0.1, -0.05) is 0 Å². The molecule has 0 heterocycles. The summed E-state index contributed by atoms with van der Waals surface area (Å²) in [6.07, 6.45) is -0.440. The lowest BCUT2D eigenvalue weighted by molar-refractivity contribution is -0.149. The maximum Gasteiger partial charge on any atom is 0.402 e. The molecular weight excluding hydrogens is 705 g/mol. The van der Waals surface area contributed by atoms with Crippen LogP contribution in [-0.2, 0) is 19.6 Å². The SMILES string of the molecule is O=C(CCNC(=O)c1cc(I)cc(I)c1I)OCC(F)(F)S(=O)(=O)O. The zero-order chi connectivity index (χ0) is 19.4. The van der Waals surface area contributed by atoms with E-state index in [-0.39, 0.29) is 6.54 Å². The van der Waals surface area contributed by atoms with Gasteiger partial charge in [0.2, 0.25) is 0 Å². The van der Waals surface area contributed by atoms with E-state index in [4.69, 9.17) is 4.55 Å². The van der Waals surface area contributed by atoms with Crippen molar-refractivity contribution in [3.63, 3.8) is 0 Å². The summed E-state index contributed by atoms with van der Waals surface area (Å²) < 4.78 is 61.4. The van der Waals surface area contributed by atoms with Crippen LogP contribution >= 0.6 is 67.8 Å². The molecule has 0 aliphatic rings. The highest BCUT2D eigenvalue weighted by Gasteiger charge is 2.45. The fraction of sp³-hybridized carbons (Fsp3) is 0.333. The maximum atomic E-state index is 12.9. The Morgan fingerprint density at radius 3 is 2.40 bits per heavy atom. The van der Waals surface area contributed by atoms with Gasteiger partial charge in [-0.15, -0.1) is 0 Å². The molecule has 1 aromatic carbocycles. The fourth-order valence-corrected chi connectivity index (χ4v) is 4.01. The molecule has 0 saturated carbocycles. The zero-order valence-corrected chi connectivity index (χ0v) is 19.4.